The third-order valence-corrected chi connectivity index (χ3v) is 9.80. The van der Waals surface area contributed by atoms with Gasteiger partial charge in [-0.15, -0.1) is 0 Å². The number of aromatic nitrogens is 3. The number of nitrogens with zero attached hydrogens (tertiary/aromatic N) is 3. The zero-order valence-corrected chi connectivity index (χ0v) is 26.3. The summed E-state index contributed by atoms with van der Waals surface area (Å²) in [7, 11) is 0. The number of para-hydroxylation sites is 3. The predicted octanol–water partition coefficient (Wildman–Crippen LogP) is 10.9. The average Bonchev–Trinajstić information content (AvgIpc) is 3.17. The van der Waals surface area contributed by atoms with Gasteiger partial charge in [-0.2, -0.15) is 0 Å². The molecule has 0 aliphatic carbocycles. The lowest BCUT2D eigenvalue weighted by Gasteiger charge is -2.15. The van der Waals surface area contributed by atoms with Crippen molar-refractivity contribution in [3.8, 4) is 27.9 Å². The molecule has 49 heavy (non-hydrogen) atoms. The molecule has 4 heteroatoms. The molecule has 8 aromatic carbocycles. The molecule has 0 unspecified atom stereocenters. The molecule has 10 aromatic rings. The summed E-state index contributed by atoms with van der Waals surface area (Å²) < 4.78 is 1.76. The molecule has 10 rings (SSSR count). The second-order valence-electron chi connectivity index (χ2n) is 12.5. The highest BCUT2D eigenvalue weighted by Gasteiger charge is 2.17. The van der Waals surface area contributed by atoms with E-state index in [2.05, 4.69) is 103 Å². The lowest BCUT2D eigenvalue weighted by Crippen LogP contribution is -2.20. The van der Waals surface area contributed by atoms with Crippen molar-refractivity contribution in [2.75, 3.05) is 0 Å². The molecule has 0 radical (unpaired) electrons. The molecular formula is C45H27N3O. The summed E-state index contributed by atoms with van der Waals surface area (Å²) in [5.41, 5.74) is 8.39. The Hall–Kier alpha value is -6.65. The molecule has 2 heterocycles. The van der Waals surface area contributed by atoms with Crippen LogP contribution >= 0.6 is 0 Å². The Labute approximate surface area is 281 Å². The Morgan fingerprint density at radius 2 is 0.857 bits per heavy atom. The predicted molar refractivity (Wildman–Crippen MR) is 204 cm³/mol. The van der Waals surface area contributed by atoms with Crippen molar-refractivity contribution in [3.63, 3.8) is 0 Å². The molecule has 0 aliphatic rings. The number of hydrogen-bond acceptors (Lipinski definition) is 3. The third-order valence-electron chi connectivity index (χ3n) is 9.80. The molecular weight excluding hydrogens is 599 g/mol. The van der Waals surface area contributed by atoms with Crippen LogP contribution in [-0.4, -0.2) is 14.5 Å². The first kappa shape index (κ1) is 27.5. The van der Waals surface area contributed by atoms with Gasteiger partial charge in [0.1, 0.15) is 5.52 Å². The summed E-state index contributed by atoms with van der Waals surface area (Å²) in [5.74, 6) is 0. The molecule has 228 valence electrons. The van der Waals surface area contributed by atoms with Gasteiger partial charge < -0.3 is 0 Å². The first-order chi connectivity index (χ1) is 24.2. The van der Waals surface area contributed by atoms with Crippen LogP contribution < -0.4 is 5.56 Å². The van der Waals surface area contributed by atoms with E-state index in [4.69, 9.17) is 9.97 Å². The van der Waals surface area contributed by atoms with E-state index in [1.807, 2.05) is 60.7 Å². The molecule has 0 atom stereocenters. The standard InChI is InChI=1S/C45H27N3O/c49-45-44-43(46-40-18-8-9-19-41(40)47-44)38-17-7-10-20-42(38)48(45)30-24-21-28(22-25-30)31-11-1-2-12-32(31)29-23-26-37-35-15-4-3-13-33(35)34-14-5-6-16-36(34)39(37)27-29/h1-27H. The third kappa shape index (κ3) is 4.21. The summed E-state index contributed by atoms with van der Waals surface area (Å²) in [4.78, 5) is 23.8. The van der Waals surface area contributed by atoms with Crippen LogP contribution in [0, 0.1) is 0 Å². The van der Waals surface area contributed by atoms with Crippen LogP contribution in [0.4, 0.5) is 0 Å². The van der Waals surface area contributed by atoms with Crippen LogP contribution in [0.5, 0.6) is 0 Å². The van der Waals surface area contributed by atoms with E-state index in [-0.39, 0.29) is 5.56 Å². The second-order valence-corrected chi connectivity index (χ2v) is 12.5. The lowest BCUT2D eigenvalue weighted by molar-refractivity contribution is 1.05. The Morgan fingerprint density at radius 1 is 0.388 bits per heavy atom. The van der Waals surface area contributed by atoms with Gasteiger partial charge in [0.2, 0.25) is 0 Å². The lowest BCUT2D eigenvalue weighted by atomic mass is 9.90. The monoisotopic (exact) mass is 625 g/mol. The van der Waals surface area contributed by atoms with Crippen LogP contribution in [0.3, 0.4) is 0 Å². The highest BCUT2D eigenvalue weighted by molar-refractivity contribution is 6.25. The van der Waals surface area contributed by atoms with E-state index in [9.17, 15) is 4.79 Å². The second kappa shape index (κ2) is 10.7. The minimum Gasteiger partial charge on any atom is -0.275 e. The molecule has 0 bridgehead atoms. The molecule has 0 amide bonds. The fourth-order valence-corrected chi connectivity index (χ4v) is 7.53. The summed E-state index contributed by atoms with van der Waals surface area (Å²) in [5, 5.41) is 8.45. The zero-order chi connectivity index (χ0) is 32.5. The van der Waals surface area contributed by atoms with Gasteiger partial charge in [-0.3, -0.25) is 9.36 Å². The maximum Gasteiger partial charge on any atom is 0.283 e. The van der Waals surface area contributed by atoms with Gasteiger partial charge in [-0.1, -0.05) is 127 Å². The van der Waals surface area contributed by atoms with Crippen molar-refractivity contribution in [1.29, 1.82) is 0 Å². The SMILES string of the molecule is O=c1c2nc3ccccc3nc2c2ccccc2n1-c1ccc(-c2ccccc2-c2ccc3c4ccccc4c4ccccc4c3c2)cc1. The maximum atomic E-state index is 14.1. The van der Waals surface area contributed by atoms with E-state index in [1.54, 1.807) is 4.57 Å². The normalized spacial score (nSPS) is 11.8. The van der Waals surface area contributed by atoms with Crippen molar-refractivity contribution in [2.24, 2.45) is 0 Å². The van der Waals surface area contributed by atoms with E-state index < -0.39 is 0 Å². The molecule has 0 saturated heterocycles. The topological polar surface area (TPSA) is 47.8 Å². The molecule has 0 N–H and O–H groups in total. The highest BCUT2D eigenvalue weighted by atomic mass is 16.1. The largest absolute Gasteiger partial charge is 0.283 e. The number of hydrogen-bond donors (Lipinski definition) is 0. The Morgan fingerprint density at radius 3 is 1.51 bits per heavy atom. The number of fused-ring (bicyclic) bond motifs is 10. The number of rotatable bonds is 3. The summed E-state index contributed by atoms with van der Waals surface area (Å²) in [6, 6.07) is 56.6. The van der Waals surface area contributed by atoms with Gasteiger partial charge in [-0.05, 0) is 91.0 Å². The van der Waals surface area contributed by atoms with Gasteiger partial charge in [0.15, 0.2) is 5.52 Å². The van der Waals surface area contributed by atoms with Gasteiger partial charge in [-0.25, -0.2) is 9.97 Å². The first-order valence-corrected chi connectivity index (χ1v) is 16.5. The van der Waals surface area contributed by atoms with Crippen molar-refractivity contribution in [2.45, 2.75) is 0 Å². The van der Waals surface area contributed by atoms with Crippen molar-refractivity contribution in [3.05, 3.63) is 174 Å². The molecule has 0 aliphatic heterocycles. The average molecular weight is 626 g/mol. The van der Waals surface area contributed by atoms with E-state index >= 15 is 0 Å². The molecule has 0 fully saturated rings. The van der Waals surface area contributed by atoms with Crippen LogP contribution in [0.25, 0.3) is 93.2 Å². The number of pyridine rings is 1. The fraction of sp³-hybridized carbons (Fsp3) is 0. The van der Waals surface area contributed by atoms with Gasteiger partial charge in [0.25, 0.3) is 5.56 Å². The van der Waals surface area contributed by atoms with Crippen molar-refractivity contribution in [1.82, 2.24) is 14.5 Å². The first-order valence-electron chi connectivity index (χ1n) is 16.5. The Balaban J connectivity index is 1.12. The van der Waals surface area contributed by atoms with Crippen molar-refractivity contribution < 1.29 is 0 Å². The van der Waals surface area contributed by atoms with Gasteiger partial charge in [0.05, 0.1) is 16.6 Å². The molecule has 0 saturated carbocycles. The summed E-state index contributed by atoms with van der Waals surface area (Å²) in [6.07, 6.45) is 0. The van der Waals surface area contributed by atoms with Crippen LogP contribution in [0.1, 0.15) is 0 Å². The minimum atomic E-state index is -0.184. The maximum absolute atomic E-state index is 14.1. The fourth-order valence-electron chi connectivity index (χ4n) is 7.53. The zero-order valence-electron chi connectivity index (χ0n) is 26.3. The van der Waals surface area contributed by atoms with Crippen LogP contribution in [-0.2, 0) is 0 Å². The van der Waals surface area contributed by atoms with Crippen molar-refractivity contribution >= 4 is 65.3 Å². The van der Waals surface area contributed by atoms with E-state index in [0.717, 1.165) is 44.4 Å². The Kier molecular flexibility index (Phi) is 5.99. The van der Waals surface area contributed by atoms with E-state index in [1.165, 1.54) is 32.3 Å². The number of benzene rings is 8. The van der Waals surface area contributed by atoms with Gasteiger partial charge >= 0.3 is 0 Å². The summed E-state index contributed by atoms with van der Waals surface area (Å²) >= 11 is 0. The van der Waals surface area contributed by atoms with Gasteiger partial charge in [0, 0.05) is 11.1 Å². The smallest absolute Gasteiger partial charge is 0.275 e. The van der Waals surface area contributed by atoms with E-state index in [0.29, 0.717) is 16.6 Å². The Bertz CT molecular complexity index is 2980. The minimum absolute atomic E-state index is 0.184. The summed E-state index contributed by atoms with van der Waals surface area (Å²) in [6.45, 7) is 0. The van der Waals surface area contributed by atoms with Crippen LogP contribution in [0.15, 0.2) is 169 Å². The highest BCUT2D eigenvalue weighted by Crippen LogP contribution is 2.39. The van der Waals surface area contributed by atoms with Crippen LogP contribution in [0.2, 0.25) is 0 Å². The quantitative estimate of drug-likeness (QED) is 0.145. The molecule has 0 spiro atoms. The molecule has 4 nitrogen and oxygen atoms in total. The molecule has 2 aromatic heterocycles.